The number of aryl methyl sites for hydroxylation is 1. The van der Waals surface area contributed by atoms with Crippen molar-refractivity contribution in [3.8, 4) is 11.3 Å². The van der Waals surface area contributed by atoms with Gasteiger partial charge in [-0.05, 0) is 38.0 Å². The second kappa shape index (κ2) is 5.76. The van der Waals surface area contributed by atoms with Crippen molar-refractivity contribution in [2.75, 3.05) is 23.7 Å². The molecule has 1 saturated heterocycles. The Morgan fingerprint density at radius 3 is 2.92 bits per heavy atom. The number of nitrogens with zero attached hydrogens (tertiary/aromatic N) is 5. The Morgan fingerprint density at radius 2 is 2.12 bits per heavy atom. The normalized spacial score (nSPS) is 18.2. The summed E-state index contributed by atoms with van der Waals surface area (Å²) in [5.74, 6) is 0.483. The summed E-state index contributed by atoms with van der Waals surface area (Å²) in [6.07, 6.45) is 5.44. The number of nitrogen functional groups attached to an aromatic ring is 1. The van der Waals surface area contributed by atoms with Crippen molar-refractivity contribution in [2.24, 2.45) is 5.73 Å². The van der Waals surface area contributed by atoms with Gasteiger partial charge in [0.05, 0.1) is 11.4 Å². The van der Waals surface area contributed by atoms with Crippen LogP contribution in [0.3, 0.4) is 0 Å². The molecule has 0 radical (unpaired) electrons. The molecule has 0 spiro atoms. The average Bonchev–Trinajstić information content (AvgIpc) is 2.96. The van der Waals surface area contributed by atoms with Gasteiger partial charge in [0, 0.05) is 36.6 Å². The van der Waals surface area contributed by atoms with Crippen molar-refractivity contribution in [3.05, 3.63) is 36.4 Å². The summed E-state index contributed by atoms with van der Waals surface area (Å²) in [7, 11) is 0. The maximum atomic E-state index is 6.18. The van der Waals surface area contributed by atoms with Gasteiger partial charge in [-0.2, -0.15) is 5.10 Å². The topological polar surface area (TPSA) is 98.4 Å². The molecule has 4 heterocycles. The fourth-order valence-corrected chi connectivity index (χ4v) is 3.43. The largest absolute Gasteiger partial charge is 0.382 e. The number of hydrogen-bond acceptors (Lipinski definition) is 6. The van der Waals surface area contributed by atoms with Crippen LogP contribution in [0.5, 0.6) is 0 Å². The Hall–Kier alpha value is -2.67. The highest BCUT2D eigenvalue weighted by Crippen LogP contribution is 2.34. The van der Waals surface area contributed by atoms with Crippen LogP contribution >= 0.6 is 0 Å². The minimum atomic E-state index is 0.186. The van der Waals surface area contributed by atoms with E-state index >= 15 is 0 Å². The molecule has 3 aromatic heterocycles. The van der Waals surface area contributed by atoms with E-state index in [2.05, 4.69) is 26.0 Å². The number of pyridine rings is 1. The van der Waals surface area contributed by atoms with Gasteiger partial charge in [-0.15, -0.1) is 0 Å². The molecule has 4 rings (SSSR count). The molecule has 0 bridgehead atoms. The number of piperidine rings is 1. The van der Waals surface area contributed by atoms with E-state index in [0.29, 0.717) is 5.82 Å². The molecule has 1 aliphatic heterocycles. The lowest BCUT2D eigenvalue weighted by atomic mass is 10.1. The summed E-state index contributed by atoms with van der Waals surface area (Å²) in [5.41, 5.74) is 17.2. The zero-order valence-electron chi connectivity index (χ0n) is 13.7. The van der Waals surface area contributed by atoms with Gasteiger partial charge in [-0.3, -0.25) is 4.98 Å². The van der Waals surface area contributed by atoms with Crippen molar-refractivity contribution in [1.29, 1.82) is 0 Å². The van der Waals surface area contributed by atoms with Crippen molar-refractivity contribution in [3.63, 3.8) is 0 Å². The first-order valence-corrected chi connectivity index (χ1v) is 8.19. The molecule has 3 aromatic rings. The summed E-state index contributed by atoms with van der Waals surface area (Å²) in [4.78, 5) is 10.8. The van der Waals surface area contributed by atoms with Crippen molar-refractivity contribution in [2.45, 2.75) is 25.8 Å². The Morgan fingerprint density at radius 1 is 1.25 bits per heavy atom. The quantitative estimate of drug-likeness (QED) is 0.743. The van der Waals surface area contributed by atoms with E-state index in [-0.39, 0.29) is 6.04 Å². The molecule has 0 aromatic carbocycles. The Kier molecular flexibility index (Phi) is 3.57. The first-order chi connectivity index (χ1) is 11.6. The Labute approximate surface area is 140 Å². The third-order valence-electron chi connectivity index (χ3n) is 4.55. The summed E-state index contributed by atoms with van der Waals surface area (Å²) in [6.45, 7) is 3.77. The molecule has 0 aliphatic carbocycles. The third-order valence-corrected chi connectivity index (χ3v) is 4.55. The fraction of sp³-hybridized carbons (Fsp3) is 0.353. The molecular weight excluding hydrogens is 302 g/mol. The van der Waals surface area contributed by atoms with E-state index in [0.717, 1.165) is 54.1 Å². The minimum Gasteiger partial charge on any atom is -0.382 e. The van der Waals surface area contributed by atoms with Gasteiger partial charge >= 0.3 is 0 Å². The Bertz CT molecular complexity index is 886. The van der Waals surface area contributed by atoms with Crippen LogP contribution in [0, 0.1) is 6.92 Å². The van der Waals surface area contributed by atoms with Gasteiger partial charge in [0.15, 0.2) is 5.82 Å². The van der Waals surface area contributed by atoms with E-state index in [1.165, 1.54) is 6.33 Å². The molecule has 0 saturated carbocycles. The van der Waals surface area contributed by atoms with E-state index in [1.54, 1.807) is 0 Å². The standard InChI is InChI=1S/C17H21N7/c1-11-7-12(4-5-20-11)14-8-15(23-6-2-3-13(18)9-23)16-17(19)21-10-22-24(14)16/h4-5,7-8,10,13H,2-3,6,9,18H2,1H3,(H2,19,21,22)/t13-/m1/s1. The zero-order chi connectivity index (χ0) is 16.7. The number of fused-ring (bicyclic) bond motifs is 1. The smallest absolute Gasteiger partial charge is 0.153 e. The number of anilines is 2. The number of nitrogens with two attached hydrogens (primary N) is 2. The van der Waals surface area contributed by atoms with Crippen molar-refractivity contribution in [1.82, 2.24) is 19.6 Å². The first-order valence-electron chi connectivity index (χ1n) is 8.19. The molecule has 124 valence electrons. The molecule has 7 nitrogen and oxygen atoms in total. The Balaban J connectivity index is 1.91. The molecule has 0 amide bonds. The maximum absolute atomic E-state index is 6.18. The number of rotatable bonds is 2. The summed E-state index contributed by atoms with van der Waals surface area (Å²) in [5, 5.41) is 4.43. The second-order valence-electron chi connectivity index (χ2n) is 6.35. The molecule has 1 atom stereocenters. The van der Waals surface area contributed by atoms with Gasteiger partial charge in [-0.25, -0.2) is 9.50 Å². The lowest BCUT2D eigenvalue weighted by molar-refractivity contribution is 0.507. The fourth-order valence-electron chi connectivity index (χ4n) is 3.43. The van der Waals surface area contributed by atoms with Crippen LogP contribution in [-0.2, 0) is 0 Å². The molecule has 1 aliphatic rings. The first kappa shape index (κ1) is 14.9. The SMILES string of the molecule is Cc1cc(-c2cc(N3CCC[C@@H](N)C3)c3c(N)ncnn23)ccn1. The van der Waals surface area contributed by atoms with Crippen LogP contribution in [0.15, 0.2) is 30.7 Å². The highest BCUT2D eigenvalue weighted by molar-refractivity contribution is 5.88. The number of aromatic nitrogens is 4. The molecular formula is C17H21N7. The van der Waals surface area contributed by atoms with Crippen molar-refractivity contribution >= 4 is 17.0 Å². The van der Waals surface area contributed by atoms with Gasteiger partial charge < -0.3 is 16.4 Å². The van der Waals surface area contributed by atoms with E-state index in [4.69, 9.17) is 11.5 Å². The maximum Gasteiger partial charge on any atom is 0.153 e. The van der Waals surface area contributed by atoms with Gasteiger partial charge in [-0.1, -0.05) is 0 Å². The molecule has 24 heavy (non-hydrogen) atoms. The average molecular weight is 323 g/mol. The lowest BCUT2D eigenvalue weighted by Crippen LogP contribution is -2.42. The predicted octanol–water partition coefficient (Wildman–Crippen LogP) is 1.61. The van der Waals surface area contributed by atoms with Crippen LogP contribution < -0.4 is 16.4 Å². The number of hydrogen-bond donors (Lipinski definition) is 2. The summed E-state index contributed by atoms with van der Waals surface area (Å²) < 4.78 is 1.87. The van der Waals surface area contributed by atoms with Crippen LogP contribution in [0.4, 0.5) is 11.5 Å². The predicted molar refractivity (Wildman–Crippen MR) is 94.8 cm³/mol. The minimum absolute atomic E-state index is 0.186. The molecule has 0 unspecified atom stereocenters. The van der Waals surface area contributed by atoms with E-state index in [9.17, 15) is 0 Å². The van der Waals surface area contributed by atoms with Gasteiger partial charge in [0.2, 0.25) is 0 Å². The molecule has 4 N–H and O–H groups in total. The van der Waals surface area contributed by atoms with Crippen LogP contribution in [-0.4, -0.2) is 38.7 Å². The lowest BCUT2D eigenvalue weighted by Gasteiger charge is -2.32. The summed E-state index contributed by atoms with van der Waals surface area (Å²) in [6, 6.07) is 6.35. The van der Waals surface area contributed by atoms with Crippen LogP contribution in [0.1, 0.15) is 18.5 Å². The second-order valence-corrected chi connectivity index (χ2v) is 6.35. The van der Waals surface area contributed by atoms with Crippen molar-refractivity contribution < 1.29 is 0 Å². The van der Waals surface area contributed by atoms with Gasteiger partial charge in [0.25, 0.3) is 0 Å². The highest BCUT2D eigenvalue weighted by atomic mass is 15.3. The monoisotopic (exact) mass is 323 g/mol. The van der Waals surface area contributed by atoms with Gasteiger partial charge in [0.1, 0.15) is 11.8 Å². The molecule has 1 fully saturated rings. The van der Waals surface area contributed by atoms with Crippen LogP contribution in [0.25, 0.3) is 16.8 Å². The highest BCUT2D eigenvalue weighted by Gasteiger charge is 2.23. The third kappa shape index (κ3) is 2.46. The van der Waals surface area contributed by atoms with Crippen LogP contribution in [0.2, 0.25) is 0 Å². The summed E-state index contributed by atoms with van der Waals surface area (Å²) >= 11 is 0. The van der Waals surface area contributed by atoms with E-state index in [1.807, 2.05) is 29.8 Å². The zero-order valence-corrected chi connectivity index (χ0v) is 13.7. The molecule has 7 heteroatoms. The van der Waals surface area contributed by atoms with E-state index < -0.39 is 0 Å².